The van der Waals surface area contributed by atoms with E-state index in [2.05, 4.69) is 11.1 Å². The zero-order valence-electron chi connectivity index (χ0n) is 9.59. The van der Waals surface area contributed by atoms with Gasteiger partial charge in [-0.3, -0.25) is 4.79 Å². The summed E-state index contributed by atoms with van der Waals surface area (Å²) in [4.78, 5) is 17.4. The van der Waals surface area contributed by atoms with E-state index in [0.29, 0.717) is 36.6 Å². The molecule has 1 atom stereocenters. The third-order valence-electron chi connectivity index (χ3n) is 3.02. The number of anilines is 1. The number of β-amino-alcohol motifs (C(OH)–C–C–N with tert-alkyl or cyclic N) is 1. The van der Waals surface area contributed by atoms with Crippen LogP contribution < -0.4 is 10.6 Å². The van der Waals surface area contributed by atoms with Crippen LogP contribution in [0.1, 0.15) is 16.8 Å². The monoisotopic (exact) mass is 246 g/mol. The van der Waals surface area contributed by atoms with E-state index >= 15 is 0 Å². The first-order valence-corrected chi connectivity index (χ1v) is 5.69. The molecule has 3 rings (SSSR count). The fourth-order valence-corrected chi connectivity index (χ4v) is 2.12. The van der Waals surface area contributed by atoms with E-state index in [4.69, 9.17) is 10.2 Å². The van der Waals surface area contributed by atoms with E-state index in [1.54, 1.807) is 12.1 Å². The maximum absolute atomic E-state index is 11.3. The highest BCUT2D eigenvalue weighted by Gasteiger charge is 2.25. The molecule has 1 aliphatic heterocycles. The van der Waals surface area contributed by atoms with Gasteiger partial charge in [0.25, 0.3) is 11.9 Å². The predicted molar refractivity (Wildman–Crippen MR) is 64.2 cm³/mol. The Morgan fingerprint density at radius 1 is 1.67 bits per heavy atom. The number of primary amides is 1. The molecule has 1 aromatic carbocycles. The lowest BCUT2D eigenvalue weighted by molar-refractivity contribution is 0.100. The normalized spacial score (nSPS) is 19.6. The summed E-state index contributed by atoms with van der Waals surface area (Å²) in [5, 5.41) is 9.49. The molecule has 0 bridgehead atoms. The van der Waals surface area contributed by atoms with Crippen LogP contribution in [0.3, 0.4) is 0 Å². The lowest BCUT2D eigenvalue weighted by Gasteiger charge is -2.10. The quantitative estimate of drug-likeness (QED) is 0.794. The van der Waals surface area contributed by atoms with Crippen LogP contribution in [0.4, 0.5) is 6.01 Å². The Kier molecular flexibility index (Phi) is 2.45. The van der Waals surface area contributed by atoms with Gasteiger partial charge in [-0.25, -0.2) is 0 Å². The first-order valence-electron chi connectivity index (χ1n) is 5.69. The molecule has 0 spiro atoms. The van der Waals surface area contributed by atoms with Gasteiger partial charge < -0.3 is 20.2 Å². The van der Waals surface area contributed by atoms with Crippen molar-refractivity contribution in [2.24, 2.45) is 5.73 Å². The van der Waals surface area contributed by atoms with Gasteiger partial charge in [0, 0.05) is 13.1 Å². The van der Waals surface area contributed by atoms with Gasteiger partial charge in [0.1, 0.15) is 5.52 Å². The van der Waals surface area contributed by atoms with Crippen LogP contribution in [0.2, 0.25) is 0 Å². The zero-order valence-corrected chi connectivity index (χ0v) is 9.59. The molecule has 2 aromatic rings. The third kappa shape index (κ3) is 1.70. The van der Waals surface area contributed by atoms with Crippen molar-refractivity contribution >= 4 is 23.0 Å². The number of fused-ring (bicyclic) bond motifs is 1. The SMILES string of the molecule is NC(=O)c1[c]ccc2oc(N3CC[C@@H](O)C3)nc12. The molecule has 2 heterocycles. The van der Waals surface area contributed by atoms with Crippen molar-refractivity contribution in [2.75, 3.05) is 18.0 Å². The van der Waals surface area contributed by atoms with Gasteiger partial charge in [-0.2, -0.15) is 4.98 Å². The summed E-state index contributed by atoms with van der Waals surface area (Å²) in [6.45, 7) is 1.17. The minimum absolute atomic E-state index is 0.224. The van der Waals surface area contributed by atoms with Crippen molar-refractivity contribution in [3.63, 3.8) is 0 Å². The van der Waals surface area contributed by atoms with Crippen LogP contribution in [0, 0.1) is 6.07 Å². The van der Waals surface area contributed by atoms with Crippen LogP contribution in [0.5, 0.6) is 0 Å². The molecule has 3 N–H and O–H groups in total. The van der Waals surface area contributed by atoms with Gasteiger partial charge in [0.2, 0.25) is 0 Å². The summed E-state index contributed by atoms with van der Waals surface area (Å²) >= 11 is 0. The second-order valence-corrected chi connectivity index (χ2v) is 4.31. The number of carbonyl (C=O) groups is 1. The smallest absolute Gasteiger partial charge is 0.298 e. The maximum atomic E-state index is 11.3. The van der Waals surface area contributed by atoms with Crippen molar-refractivity contribution in [3.8, 4) is 0 Å². The first-order chi connectivity index (χ1) is 8.65. The number of amides is 1. The largest absolute Gasteiger partial charge is 0.423 e. The molecular weight excluding hydrogens is 234 g/mol. The molecule has 1 radical (unpaired) electrons. The van der Waals surface area contributed by atoms with Crippen LogP contribution >= 0.6 is 0 Å². The summed E-state index contributed by atoms with van der Waals surface area (Å²) in [6, 6.07) is 6.43. The van der Waals surface area contributed by atoms with E-state index in [0.717, 1.165) is 0 Å². The van der Waals surface area contributed by atoms with Crippen molar-refractivity contribution in [3.05, 3.63) is 23.8 Å². The number of aliphatic hydroxyl groups excluding tert-OH is 1. The molecule has 6 heteroatoms. The number of oxazole rings is 1. The van der Waals surface area contributed by atoms with Gasteiger partial charge in [0.15, 0.2) is 5.58 Å². The summed E-state index contributed by atoms with van der Waals surface area (Å²) in [5.41, 5.74) is 6.40. The van der Waals surface area contributed by atoms with Crippen molar-refractivity contribution in [1.29, 1.82) is 0 Å². The van der Waals surface area contributed by atoms with E-state index < -0.39 is 5.91 Å². The van der Waals surface area contributed by atoms with Crippen LogP contribution in [-0.2, 0) is 0 Å². The molecule has 1 amide bonds. The summed E-state index contributed by atoms with van der Waals surface area (Å²) in [5.74, 6) is -0.582. The van der Waals surface area contributed by atoms with Gasteiger partial charge in [-0.05, 0) is 24.6 Å². The summed E-state index contributed by atoms with van der Waals surface area (Å²) in [6.07, 6.45) is 0.329. The molecule has 1 aliphatic rings. The number of carbonyl (C=O) groups excluding carboxylic acids is 1. The summed E-state index contributed by atoms with van der Waals surface area (Å²) in [7, 11) is 0. The predicted octanol–water partition coefficient (Wildman–Crippen LogP) is 0.298. The lowest BCUT2D eigenvalue weighted by atomic mass is 10.2. The minimum atomic E-state index is -0.582. The average molecular weight is 246 g/mol. The molecule has 0 saturated carbocycles. The number of nitrogens with two attached hydrogens (primary N) is 1. The molecule has 0 unspecified atom stereocenters. The topological polar surface area (TPSA) is 92.6 Å². The average Bonchev–Trinajstić information content (AvgIpc) is 2.93. The van der Waals surface area contributed by atoms with Gasteiger partial charge >= 0.3 is 0 Å². The fourth-order valence-electron chi connectivity index (χ4n) is 2.12. The lowest BCUT2D eigenvalue weighted by Crippen LogP contribution is -2.21. The maximum Gasteiger partial charge on any atom is 0.298 e. The van der Waals surface area contributed by atoms with Crippen molar-refractivity contribution < 1.29 is 14.3 Å². The first kappa shape index (κ1) is 11.0. The van der Waals surface area contributed by atoms with Gasteiger partial charge in [0.05, 0.1) is 11.7 Å². The molecule has 18 heavy (non-hydrogen) atoms. The van der Waals surface area contributed by atoms with Crippen LogP contribution in [-0.4, -0.2) is 35.2 Å². The number of nitrogens with zero attached hydrogens (tertiary/aromatic N) is 2. The van der Waals surface area contributed by atoms with Crippen molar-refractivity contribution in [2.45, 2.75) is 12.5 Å². The molecule has 1 fully saturated rings. The van der Waals surface area contributed by atoms with E-state index in [1.807, 2.05) is 4.90 Å². The van der Waals surface area contributed by atoms with Gasteiger partial charge in [-0.1, -0.05) is 0 Å². The highest BCUT2D eigenvalue weighted by atomic mass is 16.4. The zero-order chi connectivity index (χ0) is 12.7. The molecule has 1 aromatic heterocycles. The number of aliphatic hydroxyl groups is 1. The number of benzene rings is 1. The Balaban J connectivity index is 2.05. The van der Waals surface area contributed by atoms with E-state index in [9.17, 15) is 9.90 Å². The van der Waals surface area contributed by atoms with Crippen LogP contribution in [0.15, 0.2) is 16.5 Å². The Morgan fingerprint density at radius 3 is 3.17 bits per heavy atom. The standard InChI is InChI=1S/C12H12N3O3/c13-11(17)8-2-1-3-9-10(8)14-12(18-9)15-5-4-7(16)6-15/h1,3,7,16H,4-6H2,(H2,13,17)/t7-/m1/s1. The second-order valence-electron chi connectivity index (χ2n) is 4.31. The molecule has 93 valence electrons. The van der Waals surface area contributed by atoms with Gasteiger partial charge in [-0.15, -0.1) is 0 Å². The number of hydrogen-bond acceptors (Lipinski definition) is 5. The Labute approximate surface area is 103 Å². The molecule has 1 saturated heterocycles. The molecule has 0 aliphatic carbocycles. The minimum Gasteiger partial charge on any atom is -0.423 e. The Bertz CT molecular complexity index is 608. The Morgan fingerprint density at radius 2 is 2.50 bits per heavy atom. The fraction of sp³-hybridized carbons (Fsp3) is 0.333. The summed E-state index contributed by atoms with van der Waals surface area (Å²) < 4.78 is 5.57. The second kappa shape index (κ2) is 3.99. The number of rotatable bonds is 2. The highest BCUT2D eigenvalue weighted by Crippen LogP contribution is 2.26. The third-order valence-corrected chi connectivity index (χ3v) is 3.02. The number of aromatic nitrogens is 1. The molecular formula is C12H12N3O3. The highest BCUT2D eigenvalue weighted by molar-refractivity contribution is 6.03. The number of hydrogen-bond donors (Lipinski definition) is 2. The van der Waals surface area contributed by atoms with E-state index in [-0.39, 0.29) is 11.7 Å². The van der Waals surface area contributed by atoms with Crippen molar-refractivity contribution in [1.82, 2.24) is 4.98 Å². The molecule has 6 nitrogen and oxygen atoms in total. The Hall–Kier alpha value is -2.08. The van der Waals surface area contributed by atoms with E-state index in [1.165, 1.54) is 0 Å². The van der Waals surface area contributed by atoms with Crippen LogP contribution in [0.25, 0.3) is 11.1 Å².